The van der Waals surface area contributed by atoms with E-state index in [4.69, 9.17) is 4.74 Å². The summed E-state index contributed by atoms with van der Waals surface area (Å²) >= 11 is 0. The molecule has 1 atom stereocenters. The van der Waals surface area contributed by atoms with Gasteiger partial charge >= 0.3 is 0 Å². The minimum atomic E-state index is 0.216. The van der Waals surface area contributed by atoms with E-state index in [1.54, 1.807) is 0 Å². The zero-order valence-corrected chi connectivity index (χ0v) is 11.7. The number of nitrogens with one attached hydrogen (secondary N) is 1. The third kappa shape index (κ3) is 3.93. The first-order valence-electron chi connectivity index (χ1n) is 7.05. The van der Waals surface area contributed by atoms with Gasteiger partial charge in [0.05, 0.1) is 11.7 Å². The van der Waals surface area contributed by atoms with Gasteiger partial charge in [-0.3, -0.25) is 4.98 Å². The van der Waals surface area contributed by atoms with Crippen molar-refractivity contribution in [2.45, 2.75) is 32.8 Å². The Morgan fingerprint density at radius 3 is 2.89 bits per heavy atom. The summed E-state index contributed by atoms with van der Waals surface area (Å²) < 4.78 is 6.04. The monoisotopic (exact) mass is 258 g/mol. The van der Waals surface area contributed by atoms with Crippen molar-refractivity contribution in [2.75, 3.05) is 13.1 Å². The van der Waals surface area contributed by atoms with Crippen molar-refractivity contribution in [1.29, 1.82) is 0 Å². The van der Waals surface area contributed by atoms with E-state index in [1.165, 1.54) is 0 Å². The summed E-state index contributed by atoms with van der Waals surface area (Å²) in [5.74, 6) is 0.857. The van der Waals surface area contributed by atoms with E-state index < -0.39 is 0 Å². The van der Waals surface area contributed by atoms with E-state index in [9.17, 15) is 0 Å². The highest BCUT2D eigenvalue weighted by Gasteiger charge is 2.09. The zero-order chi connectivity index (χ0) is 13.5. The minimum Gasteiger partial charge on any atom is -0.487 e. The third-order valence-electron chi connectivity index (χ3n) is 3.10. The summed E-state index contributed by atoms with van der Waals surface area (Å²) in [6, 6.07) is 10.2. The molecule has 0 spiro atoms. The zero-order valence-electron chi connectivity index (χ0n) is 11.7. The summed E-state index contributed by atoms with van der Waals surface area (Å²) in [5.41, 5.74) is 1.01. The number of aromatic nitrogens is 1. The van der Waals surface area contributed by atoms with Crippen LogP contribution < -0.4 is 10.1 Å². The maximum atomic E-state index is 6.04. The molecule has 0 fully saturated rings. The number of benzene rings is 1. The number of hydrogen-bond donors (Lipinski definition) is 1. The number of pyridine rings is 1. The van der Waals surface area contributed by atoms with E-state index in [0.29, 0.717) is 0 Å². The van der Waals surface area contributed by atoms with Crippen LogP contribution in [0.15, 0.2) is 36.5 Å². The number of ether oxygens (including phenoxy) is 1. The van der Waals surface area contributed by atoms with Crippen molar-refractivity contribution in [3.63, 3.8) is 0 Å². The Balaban J connectivity index is 2.09. The maximum absolute atomic E-state index is 6.04. The van der Waals surface area contributed by atoms with Crippen LogP contribution in [-0.4, -0.2) is 24.2 Å². The summed E-state index contributed by atoms with van der Waals surface area (Å²) in [4.78, 5) is 4.43. The van der Waals surface area contributed by atoms with Crippen LogP contribution >= 0.6 is 0 Å². The number of likely N-dealkylation sites (N-methyl/N-ethyl adjacent to an activating group) is 1. The van der Waals surface area contributed by atoms with Gasteiger partial charge in [0, 0.05) is 11.9 Å². The molecule has 3 heteroatoms. The SMILES string of the molecule is CCCC(CNCC)Oc1cnc2ccccc2c1. The van der Waals surface area contributed by atoms with E-state index in [0.717, 1.165) is 42.6 Å². The molecule has 3 nitrogen and oxygen atoms in total. The topological polar surface area (TPSA) is 34.1 Å². The fourth-order valence-corrected chi connectivity index (χ4v) is 2.14. The largest absolute Gasteiger partial charge is 0.487 e. The number of para-hydroxylation sites is 1. The van der Waals surface area contributed by atoms with Crippen molar-refractivity contribution in [3.8, 4) is 5.75 Å². The standard InChI is InChI=1S/C16H22N2O/c1-3-7-14(11-17-4-2)19-15-10-13-8-5-6-9-16(13)18-12-15/h5-6,8-10,12,14,17H,3-4,7,11H2,1-2H3. The molecular weight excluding hydrogens is 236 g/mol. The lowest BCUT2D eigenvalue weighted by Gasteiger charge is -2.19. The highest BCUT2D eigenvalue weighted by molar-refractivity contribution is 5.79. The maximum Gasteiger partial charge on any atom is 0.138 e. The van der Waals surface area contributed by atoms with Gasteiger partial charge in [0.2, 0.25) is 0 Å². The van der Waals surface area contributed by atoms with Gasteiger partial charge in [0.25, 0.3) is 0 Å². The summed E-state index contributed by atoms with van der Waals surface area (Å²) in [7, 11) is 0. The average Bonchev–Trinajstić information content (AvgIpc) is 2.45. The molecule has 19 heavy (non-hydrogen) atoms. The first-order valence-corrected chi connectivity index (χ1v) is 7.05. The molecule has 0 aliphatic rings. The molecule has 2 aromatic rings. The predicted molar refractivity (Wildman–Crippen MR) is 79.6 cm³/mol. The van der Waals surface area contributed by atoms with E-state index in [2.05, 4.69) is 36.3 Å². The van der Waals surface area contributed by atoms with Gasteiger partial charge in [0.1, 0.15) is 11.9 Å². The molecule has 0 bridgehead atoms. The van der Waals surface area contributed by atoms with Crippen LogP contribution in [-0.2, 0) is 0 Å². The summed E-state index contributed by atoms with van der Waals surface area (Å²) in [5, 5.41) is 4.47. The van der Waals surface area contributed by atoms with Crippen molar-refractivity contribution >= 4 is 10.9 Å². The highest BCUT2D eigenvalue weighted by atomic mass is 16.5. The first-order chi connectivity index (χ1) is 9.33. The second-order valence-electron chi connectivity index (χ2n) is 4.70. The molecule has 1 N–H and O–H groups in total. The second kappa shape index (κ2) is 7.10. The van der Waals surface area contributed by atoms with E-state index in [-0.39, 0.29) is 6.10 Å². The van der Waals surface area contributed by atoms with Gasteiger partial charge in [-0.1, -0.05) is 38.5 Å². The molecule has 0 saturated carbocycles. The van der Waals surface area contributed by atoms with Crippen LogP contribution in [0, 0.1) is 0 Å². The lowest BCUT2D eigenvalue weighted by molar-refractivity contribution is 0.187. The summed E-state index contributed by atoms with van der Waals surface area (Å²) in [6.45, 7) is 6.15. The fraction of sp³-hybridized carbons (Fsp3) is 0.438. The highest BCUT2D eigenvalue weighted by Crippen LogP contribution is 2.19. The van der Waals surface area contributed by atoms with Gasteiger partial charge in [-0.15, -0.1) is 0 Å². The van der Waals surface area contributed by atoms with Crippen molar-refractivity contribution in [2.24, 2.45) is 0 Å². The van der Waals surface area contributed by atoms with Gasteiger partial charge in [-0.25, -0.2) is 0 Å². The molecule has 102 valence electrons. The first kappa shape index (κ1) is 13.8. The summed E-state index contributed by atoms with van der Waals surface area (Å²) in [6.07, 6.45) is 4.21. The number of rotatable bonds is 7. The number of fused-ring (bicyclic) bond motifs is 1. The molecule has 1 heterocycles. The third-order valence-corrected chi connectivity index (χ3v) is 3.10. The van der Waals surface area contributed by atoms with Crippen molar-refractivity contribution in [1.82, 2.24) is 10.3 Å². The van der Waals surface area contributed by atoms with Crippen LogP contribution in [0.2, 0.25) is 0 Å². The van der Waals surface area contributed by atoms with Crippen LogP contribution in [0.25, 0.3) is 10.9 Å². The lowest BCUT2D eigenvalue weighted by atomic mass is 10.2. The quantitative estimate of drug-likeness (QED) is 0.826. The molecule has 0 radical (unpaired) electrons. The second-order valence-corrected chi connectivity index (χ2v) is 4.70. The lowest BCUT2D eigenvalue weighted by Crippen LogP contribution is -2.31. The molecule has 0 aliphatic carbocycles. The van der Waals surface area contributed by atoms with E-state index in [1.807, 2.05) is 24.4 Å². The Labute approximate surface area is 115 Å². The van der Waals surface area contributed by atoms with Crippen molar-refractivity contribution in [3.05, 3.63) is 36.5 Å². The average molecular weight is 258 g/mol. The van der Waals surface area contributed by atoms with Crippen LogP contribution in [0.5, 0.6) is 5.75 Å². The van der Waals surface area contributed by atoms with Crippen LogP contribution in [0.1, 0.15) is 26.7 Å². The molecule has 1 unspecified atom stereocenters. The number of hydrogen-bond acceptors (Lipinski definition) is 3. The smallest absolute Gasteiger partial charge is 0.138 e. The Bertz CT molecular complexity index is 513. The number of nitrogens with zero attached hydrogens (tertiary/aromatic N) is 1. The Morgan fingerprint density at radius 1 is 1.26 bits per heavy atom. The van der Waals surface area contributed by atoms with E-state index >= 15 is 0 Å². The molecule has 1 aromatic carbocycles. The molecule has 0 aliphatic heterocycles. The van der Waals surface area contributed by atoms with Crippen LogP contribution in [0.4, 0.5) is 0 Å². The van der Waals surface area contributed by atoms with Crippen LogP contribution in [0.3, 0.4) is 0 Å². The van der Waals surface area contributed by atoms with Crippen molar-refractivity contribution < 1.29 is 4.74 Å². The fourth-order valence-electron chi connectivity index (χ4n) is 2.14. The van der Waals surface area contributed by atoms with Gasteiger partial charge in [0.15, 0.2) is 0 Å². The molecule has 1 aromatic heterocycles. The van der Waals surface area contributed by atoms with Gasteiger partial charge < -0.3 is 10.1 Å². The molecule has 0 saturated heterocycles. The van der Waals surface area contributed by atoms with Gasteiger partial charge in [-0.2, -0.15) is 0 Å². The van der Waals surface area contributed by atoms with Gasteiger partial charge in [-0.05, 0) is 25.1 Å². The predicted octanol–water partition coefficient (Wildman–Crippen LogP) is 3.39. The Hall–Kier alpha value is -1.61. The molecular formula is C16H22N2O. The Kier molecular flexibility index (Phi) is 5.16. The minimum absolute atomic E-state index is 0.216. The molecule has 0 amide bonds. The normalized spacial score (nSPS) is 12.5. The molecule has 2 rings (SSSR count). The Morgan fingerprint density at radius 2 is 2.11 bits per heavy atom.